The smallest absolute Gasteiger partial charge is 0.255 e. The minimum atomic E-state index is -0.181. The van der Waals surface area contributed by atoms with Crippen LogP contribution in [0.5, 0.6) is 5.75 Å². The first-order chi connectivity index (χ1) is 11.5. The number of carbonyl (C=O) groups is 2. The summed E-state index contributed by atoms with van der Waals surface area (Å²) in [7, 11) is 5.07. The van der Waals surface area contributed by atoms with E-state index in [1.807, 2.05) is 24.3 Å². The number of nitrogens with zero attached hydrogens (tertiary/aromatic N) is 1. The first kappa shape index (κ1) is 17.5. The zero-order valence-corrected chi connectivity index (χ0v) is 14.2. The Morgan fingerprint density at radius 2 is 1.79 bits per heavy atom. The molecule has 0 spiro atoms. The molecule has 126 valence electrons. The van der Waals surface area contributed by atoms with Crippen LogP contribution in [0.25, 0.3) is 0 Å². The molecule has 0 atom stereocenters. The van der Waals surface area contributed by atoms with Crippen LogP contribution in [0.2, 0.25) is 0 Å². The lowest BCUT2D eigenvalue weighted by atomic mass is 10.1. The van der Waals surface area contributed by atoms with E-state index in [0.717, 1.165) is 5.56 Å². The predicted octanol–water partition coefficient (Wildman–Crippen LogP) is 2.97. The minimum absolute atomic E-state index is 0.0858. The number of hydrogen-bond acceptors (Lipinski definition) is 3. The monoisotopic (exact) mass is 326 g/mol. The third-order valence-electron chi connectivity index (χ3n) is 3.66. The van der Waals surface area contributed by atoms with E-state index in [0.29, 0.717) is 29.8 Å². The van der Waals surface area contributed by atoms with Crippen LogP contribution in [-0.4, -0.2) is 37.9 Å². The second-order valence-electron chi connectivity index (χ2n) is 5.67. The number of benzene rings is 2. The predicted molar refractivity (Wildman–Crippen MR) is 94.4 cm³/mol. The van der Waals surface area contributed by atoms with Crippen molar-refractivity contribution in [2.75, 3.05) is 26.5 Å². The van der Waals surface area contributed by atoms with Gasteiger partial charge in [0.25, 0.3) is 5.91 Å². The number of anilines is 1. The van der Waals surface area contributed by atoms with Gasteiger partial charge in [-0.15, -0.1) is 0 Å². The van der Waals surface area contributed by atoms with Crippen molar-refractivity contribution in [3.63, 3.8) is 0 Å². The molecule has 5 nitrogen and oxygen atoms in total. The Morgan fingerprint density at radius 1 is 1.08 bits per heavy atom. The van der Waals surface area contributed by atoms with Gasteiger partial charge in [0.05, 0.1) is 7.11 Å². The highest BCUT2D eigenvalue weighted by molar-refractivity contribution is 6.04. The number of carbonyl (C=O) groups excluding carboxylic acids is 2. The molecular formula is C19H22N2O3. The first-order valence-corrected chi connectivity index (χ1v) is 7.74. The van der Waals surface area contributed by atoms with Crippen LogP contribution in [-0.2, 0) is 11.2 Å². The summed E-state index contributed by atoms with van der Waals surface area (Å²) in [6.45, 7) is 0. The normalized spacial score (nSPS) is 10.1. The van der Waals surface area contributed by atoms with Gasteiger partial charge in [-0.05, 0) is 48.4 Å². The van der Waals surface area contributed by atoms with Gasteiger partial charge < -0.3 is 15.0 Å². The summed E-state index contributed by atoms with van der Waals surface area (Å²) >= 11 is 0. The average Bonchev–Trinajstić information content (AvgIpc) is 2.60. The SMILES string of the molecule is COc1ccc(C(=O)Nc2cccc(CCC(=O)N(C)C)c2)cc1. The zero-order valence-electron chi connectivity index (χ0n) is 14.2. The molecule has 2 aromatic carbocycles. The molecule has 0 bridgehead atoms. The van der Waals surface area contributed by atoms with Gasteiger partial charge in [0.1, 0.15) is 5.75 Å². The van der Waals surface area contributed by atoms with Crippen LogP contribution in [0, 0.1) is 0 Å². The van der Waals surface area contributed by atoms with Gasteiger partial charge in [-0.1, -0.05) is 12.1 Å². The van der Waals surface area contributed by atoms with Crippen molar-refractivity contribution in [3.05, 3.63) is 59.7 Å². The molecule has 0 aliphatic heterocycles. The Bertz CT molecular complexity index is 709. The molecule has 0 aliphatic carbocycles. The molecule has 0 saturated heterocycles. The summed E-state index contributed by atoms with van der Waals surface area (Å²) < 4.78 is 5.08. The lowest BCUT2D eigenvalue weighted by molar-refractivity contribution is -0.128. The summed E-state index contributed by atoms with van der Waals surface area (Å²) in [5, 5.41) is 2.87. The summed E-state index contributed by atoms with van der Waals surface area (Å²) in [6, 6.07) is 14.5. The molecule has 0 aliphatic rings. The number of aryl methyl sites for hydroxylation is 1. The van der Waals surface area contributed by atoms with Crippen LogP contribution in [0.4, 0.5) is 5.69 Å². The van der Waals surface area contributed by atoms with Gasteiger partial charge in [0.15, 0.2) is 0 Å². The third-order valence-corrected chi connectivity index (χ3v) is 3.66. The molecule has 5 heteroatoms. The van der Waals surface area contributed by atoms with E-state index < -0.39 is 0 Å². The molecule has 2 amide bonds. The Labute approximate surface area is 142 Å². The molecule has 0 radical (unpaired) electrons. The summed E-state index contributed by atoms with van der Waals surface area (Å²) in [4.78, 5) is 25.5. The van der Waals surface area contributed by atoms with Crippen LogP contribution in [0.3, 0.4) is 0 Å². The lowest BCUT2D eigenvalue weighted by Crippen LogP contribution is -2.21. The second kappa shape index (κ2) is 8.15. The van der Waals surface area contributed by atoms with Gasteiger partial charge in [-0.25, -0.2) is 0 Å². The van der Waals surface area contributed by atoms with Gasteiger partial charge >= 0.3 is 0 Å². The van der Waals surface area contributed by atoms with Gasteiger partial charge in [0, 0.05) is 31.8 Å². The van der Waals surface area contributed by atoms with Crippen molar-refractivity contribution in [1.82, 2.24) is 4.90 Å². The van der Waals surface area contributed by atoms with E-state index in [9.17, 15) is 9.59 Å². The number of ether oxygens (including phenoxy) is 1. The molecule has 0 fully saturated rings. The number of methoxy groups -OCH3 is 1. The van der Waals surface area contributed by atoms with E-state index in [-0.39, 0.29) is 11.8 Å². The third kappa shape index (κ3) is 4.84. The van der Waals surface area contributed by atoms with E-state index in [2.05, 4.69) is 5.32 Å². The average molecular weight is 326 g/mol. The maximum Gasteiger partial charge on any atom is 0.255 e. The fraction of sp³-hybridized carbons (Fsp3) is 0.263. The van der Waals surface area contributed by atoms with Gasteiger partial charge in [-0.3, -0.25) is 9.59 Å². The molecule has 24 heavy (non-hydrogen) atoms. The summed E-state index contributed by atoms with van der Waals surface area (Å²) in [6.07, 6.45) is 1.09. The van der Waals surface area contributed by atoms with Crippen molar-refractivity contribution in [2.45, 2.75) is 12.8 Å². The molecule has 2 rings (SSSR count). The minimum Gasteiger partial charge on any atom is -0.497 e. The van der Waals surface area contributed by atoms with Gasteiger partial charge in [-0.2, -0.15) is 0 Å². The fourth-order valence-electron chi connectivity index (χ4n) is 2.23. The van der Waals surface area contributed by atoms with Crippen LogP contribution < -0.4 is 10.1 Å². The number of rotatable bonds is 6. The Kier molecular flexibility index (Phi) is 5.95. The molecule has 0 unspecified atom stereocenters. The van der Waals surface area contributed by atoms with E-state index in [1.165, 1.54) is 0 Å². The molecule has 0 heterocycles. The van der Waals surface area contributed by atoms with Crippen LogP contribution in [0.15, 0.2) is 48.5 Å². The van der Waals surface area contributed by atoms with Gasteiger partial charge in [0.2, 0.25) is 5.91 Å². The largest absolute Gasteiger partial charge is 0.497 e. The first-order valence-electron chi connectivity index (χ1n) is 7.74. The van der Waals surface area contributed by atoms with E-state index >= 15 is 0 Å². The van der Waals surface area contributed by atoms with Crippen molar-refractivity contribution < 1.29 is 14.3 Å². The zero-order chi connectivity index (χ0) is 17.5. The molecule has 0 saturated carbocycles. The van der Waals surface area contributed by atoms with E-state index in [4.69, 9.17) is 4.74 Å². The highest BCUT2D eigenvalue weighted by Gasteiger charge is 2.08. The molecular weight excluding hydrogens is 304 g/mol. The Hall–Kier alpha value is -2.82. The topological polar surface area (TPSA) is 58.6 Å². The van der Waals surface area contributed by atoms with Crippen LogP contribution in [0.1, 0.15) is 22.3 Å². The maximum absolute atomic E-state index is 12.3. The fourth-order valence-corrected chi connectivity index (χ4v) is 2.23. The summed E-state index contributed by atoms with van der Waals surface area (Å²) in [5.74, 6) is 0.612. The molecule has 0 aromatic heterocycles. The highest BCUT2D eigenvalue weighted by atomic mass is 16.5. The number of amides is 2. The Balaban J connectivity index is 2.00. The van der Waals surface area contributed by atoms with Crippen molar-refractivity contribution >= 4 is 17.5 Å². The van der Waals surface area contributed by atoms with Crippen LogP contribution >= 0.6 is 0 Å². The quantitative estimate of drug-likeness (QED) is 0.888. The summed E-state index contributed by atoms with van der Waals surface area (Å²) in [5.41, 5.74) is 2.28. The van der Waals surface area contributed by atoms with Crippen molar-refractivity contribution in [1.29, 1.82) is 0 Å². The molecule has 1 N–H and O–H groups in total. The maximum atomic E-state index is 12.3. The second-order valence-corrected chi connectivity index (χ2v) is 5.67. The van der Waals surface area contributed by atoms with Crippen molar-refractivity contribution in [3.8, 4) is 5.75 Å². The van der Waals surface area contributed by atoms with Crippen molar-refractivity contribution in [2.24, 2.45) is 0 Å². The Morgan fingerprint density at radius 3 is 2.42 bits per heavy atom. The number of nitrogens with one attached hydrogen (secondary N) is 1. The standard InChI is InChI=1S/C19H22N2O3/c1-21(2)18(22)12-7-14-5-4-6-16(13-14)20-19(23)15-8-10-17(24-3)11-9-15/h4-6,8-11,13H,7,12H2,1-3H3,(H,20,23). The number of hydrogen-bond donors (Lipinski definition) is 1. The highest BCUT2D eigenvalue weighted by Crippen LogP contribution is 2.16. The van der Waals surface area contributed by atoms with E-state index in [1.54, 1.807) is 50.4 Å². The lowest BCUT2D eigenvalue weighted by Gasteiger charge is -2.11. The molecule has 2 aromatic rings.